The molecule has 22 heavy (non-hydrogen) atoms. The Morgan fingerprint density at radius 1 is 1.18 bits per heavy atom. The summed E-state index contributed by atoms with van der Waals surface area (Å²) in [5, 5.41) is 12.1. The van der Waals surface area contributed by atoms with Crippen LogP contribution in [0.15, 0.2) is 54.6 Å². The maximum absolute atomic E-state index is 12.2. The standard InChI is InChI=1S/C18H18N2O2/c1-14-8-6-7-11-16(14)22-13-18(2,12-19)20-17(21)15-9-4-3-5-10-15/h3-11H,13H2,1-2H3,(H,20,21). The van der Waals surface area contributed by atoms with Crippen molar-refractivity contribution in [3.8, 4) is 11.8 Å². The monoisotopic (exact) mass is 294 g/mol. The number of benzene rings is 2. The third-order valence-electron chi connectivity index (χ3n) is 3.28. The average Bonchev–Trinajstić information content (AvgIpc) is 2.55. The zero-order valence-electron chi connectivity index (χ0n) is 12.7. The van der Waals surface area contributed by atoms with Crippen LogP contribution in [0.25, 0.3) is 0 Å². The maximum Gasteiger partial charge on any atom is 0.252 e. The Hall–Kier alpha value is -2.80. The van der Waals surface area contributed by atoms with Gasteiger partial charge >= 0.3 is 0 Å². The molecule has 0 aliphatic heterocycles. The fraction of sp³-hybridized carbons (Fsp3) is 0.222. The molecule has 0 bridgehead atoms. The molecule has 2 aromatic carbocycles. The van der Waals surface area contributed by atoms with Crippen molar-refractivity contribution in [1.29, 1.82) is 5.26 Å². The van der Waals surface area contributed by atoms with E-state index >= 15 is 0 Å². The number of nitriles is 1. The molecule has 0 spiro atoms. The minimum atomic E-state index is -1.10. The lowest BCUT2D eigenvalue weighted by molar-refractivity contribution is 0.0901. The lowest BCUT2D eigenvalue weighted by Gasteiger charge is -2.24. The van der Waals surface area contributed by atoms with Crippen LogP contribution in [-0.4, -0.2) is 18.1 Å². The van der Waals surface area contributed by atoms with Crippen LogP contribution in [0.4, 0.5) is 0 Å². The molecule has 1 N–H and O–H groups in total. The third-order valence-corrected chi connectivity index (χ3v) is 3.28. The molecule has 0 fully saturated rings. The molecule has 0 aliphatic carbocycles. The molecular weight excluding hydrogens is 276 g/mol. The summed E-state index contributed by atoms with van der Waals surface area (Å²) in [5.41, 5.74) is 0.395. The second kappa shape index (κ2) is 6.77. The van der Waals surface area contributed by atoms with Gasteiger partial charge < -0.3 is 10.1 Å². The highest BCUT2D eigenvalue weighted by atomic mass is 16.5. The van der Waals surface area contributed by atoms with E-state index in [1.54, 1.807) is 31.2 Å². The van der Waals surface area contributed by atoms with E-state index < -0.39 is 5.54 Å². The quantitative estimate of drug-likeness (QED) is 0.921. The van der Waals surface area contributed by atoms with Gasteiger partial charge in [0.05, 0.1) is 6.07 Å². The highest BCUT2D eigenvalue weighted by Crippen LogP contribution is 2.18. The van der Waals surface area contributed by atoms with E-state index in [9.17, 15) is 10.1 Å². The lowest BCUT2D eigenvalue weighted by Crippen LogP contribution is -2.49. The molecule has 0 saturated carbocycles. The van der Waals surface area contributed by atoms with Crippen LogP contribution in [0.5, 0.6) is 5.75 Å². The van der Waals surface area contributed by atoms with Gasteiger partial charge in [0, 0.05) is 5.56 Å². The summed E-state index contributed by atoms with van der Waals surface area (Å²) in [4.78, 5) is 12.2. The maximum atomic E-state index is 12.2. The normalized spacial score (nSPS) is 12.8. The minimum Gasteiger partial charge on any atom is -0.490 e. The van der Waals surface area contributed by atoms with Crippen molar-refractivity contribution >= 4 is 5.91 Å². The molecule has 2 aromatic rings. The molecule has 0 aliphatic rings. The van der Waals surface area contributed by atoms with Crippen LogP contribution >= 0.6 is 0 Å². The largest absolute Gasteiger partial charge is 0.490 e. The summed E-state index contributed by atoms with van der Waals surface area (Å²) < 4.78 is 5.69. The first-order chi connectivity index (χ1) is 10.5. The zero-order chi connectivity index (χ0) is 16.0. The Labute approximate surface area is 130 Å². The van der Waals surface area contributed by atoms with E-state index in [0.29, 0.717) is 11.3 Å². The van der Waals surface area contributed by atoms with Crippen molar-refractivity contribution < 1.29 is 9.53 Å². The molecule has 112 valence electrons. The predicted octanol–water partition coefficient (Wildman–Crippen LogP) is 3.09. The first-order valence-electron chi connectivity index (χ1n) is 7.01. The van der Waals surface area contributed by atoms with E-state index in [1.165, 1.54) is 0 Å². The number of nitrogens with zero attached hydrogens (tertiary/aromatic N) is 1. The average molecular weight is 294 g/mol. The van der Waals surface area contributed by atoms with Crippen molar-refractivity contribution in [2.45, 2.75) is 19.4 Å². The van der Waals surface area contributed by atoms with Gasteiger partial charge in [-0.15, -0.1) is 0 Å². The van der Waals surface area contributed by atoms with Gasteiger partial charge in [0.2, 0.25) is 0 Å². The number of ether oxygens (including phenoxy) is 1. The molecule has 2 rings (SSSR count). The van der Waals surface area contributed by atoms with Crippen molar-refractivity contribution in [2.24, 2.45) is 0 Å². The van der Waals surface area contributed by atoms with E-state index in [-0.39, 0.29) is 12.5 Å². The molecule has 0 saturated heterocycles. The van der Waals surface area contributed by atoms with Gasteiger partial charge in [-0.2, -0.15) is 5.26 Å². The second-order valence-corrected chi connectivity index (χ2v) is 5.32. The number of amides is 1. The molecule has 1 unspecified atom stereocenters. The number of hydrogen-bond donors (Lipinski definition) is 1. The highest BCUT2D eigenvalue weighted by molar-refractivity contribution is 5.94. The van der Waals surface area contributed by atoms with Gasteiger partial charge in [-0.05, 0) is 37.6 Å². The topological polar surface area (TPSA) is 62.1 Å². The van der Waals surface area contributed by atoms with Gasteiger partial charge in [0.1, 0.15) is 12.4 Å². The van der Waals surface area contributed by atoms with Crippen molar-refractivity contribution in [3.63, 3.8) is 0 Å². The summed E-state index contributed by atoms with van der Waals surface area (Å²) in [6.45, 7) is 3.65. The number of para-hydroxylation sites is 1. The molecule has 1 amide bonds. The van der Waals surface area contributed by atoms with Gasteiger partial charge in [0.25, 0.3) is 5.91 Å². The summed E-state index contributed by atoms with van der Waals surface area (Å²) in [6, 6.07) is 18.5. The number of rotatable bonds is 5. The fourth-order valence-corrected chi connectivity index (χ4v) is 1.95. The van der Waals surface area contributed by atoms with Crippen LogP contribution in [0.3, 0.4) is 0 Å². The number of nitrogens with one attached hydrogen (secondary N) is 1. The third kappa shape index (κ3) is 3.86. The van der Waals surface area contributed by atoms with Crippen molar-refractivity contribution in [2.75, 3.05) is 6.61 Å². The van der Waals surface area contributed by atoms with Crippen molar-refractivity contribution in [3.05, 3.63) is 65.7 Å². The molecule has 4 nitrogen and oxygen atoms in total. The number of hydrogen-bond acceptors (Lipinski definition) is 3. The first-order valence-corrected chi connectivity index (χ1v) is 7.01. The summed E-state index contributed by atoms with van der Waals surface area (Å²) in [6.07, 6.45) is 0. The van der Waals surface area contributed by atoms with Crippen LogP contribution < -0.4 is 10.1 Å². The Bertz CT molecular complexity index is 692. The first kappa shape index (κ1) is 15.6. The molecule has 4 heteroatoms. The molecule has 0 radical (unpaired) electrons. The number of carbonyl (C=O) groups excluding carboxylic acids is 1. The van der Waals surface area contributed by atoms with Gasteiger partial charge in [-0.25, -0.2) is 0 Å². The SMILES string of the molecule is Cc1ccccc1OCC(C)(C#N)NC(=O)c1ccccc1. The van der Waals surface area contributed by atoms with Crippen molar-refractivity contribution in [1.82, 2.24) is 5.32 Å². The van der Waals surface area contributed by atoms with Gasteiger partial charge in [-0.3, -0.25) is 4.79 Å². The summed E-state index contributed by atoms with van der Waals surface area (Å²) >= 11 is 0. The number of carbonyl (C=O) groups is 1. The van der Waals surface area contributed by atoms with Crippen LogP contribution in [0.1, 0.15) is 22.8 Å². The summed E-state index contributed by atoms with van der Waals surface area (Å²) in [7, 11) is 0. The smallest absolute Gasteiger partial charge is 0.252 e. The van der Waals surface area contributed by atoms with E-state index in [1.807, 2.05) is 37.3 Å². The molecule has 0 heterocycles. The number of aryl methyl sites for hydroxylation is 1. The van der Waals surface area contributed by atoms with Gasteiger partial charge in [-0.1, -0.05) is 36.4 Å². The fourth-order valence-electron chi connectivity index (χ4n) is 1.95. The molecular formula is C18H18N2O2. The predicted molar refractivity (Wildman–Crippen MR) is 84.6 cm³/mol. The van der Waals surface area contributed by atoms with Crippen LogP contribution in [0.2, 0.25) is 0 Å². The molecule has 0 aromatic heterocycles. The summed E-state index contributed by atoms with van der Waals surface area (Å²) in [5.74, 6) is 0.413. The van der Waals surface area contributed by atoms with E-state index in [0.717, 1.165) is 5.56 Å². The molecule has 1 atom stereocenters. The van der Waals surface area contributed by atoms with E-state index in [2.05, 4.69) is 11.4 Å². The lowest BCUT2D eigenvalue weighted by atomic mass is 10.0. The Balaban J connectivity index is 2.05. The van der Waals surface area contributed by atoms with Gasteiger partial charge in [0.15, 0.2) is 5.54 Å². The Morgan fingerprint density at radius 3 is 2.45 bits per heavy atom. The van der Waals surface area contributed by atoms with Crippen LogP contribution in [0, 0.1) is 18.3 Å². The minimum absolute atomic E-state index is 0.0763. The zero-order valence-corrected chi connectivity index (χ0v) is 12.7. The second-order valence-electron chi connectivity index (χ2n) is 5.32. The Morgan fingerprint density at radius 2 is 1.82 bits per heavy atom. The Kier molecular flexibility index (Phi) is 4.80. The van der Waals surface area contributed by atoms with E-state index in [4.69, 9.17) is 4.74 Å². The van der Waals surface area contributed by atoms with Crippen LogP contribution in [-0.2, 0) is 0 Å². The highest BCUT2D eigenvalue weighted by Gasteiger charge is 2.28.